The van der Waals surface area contributed by atoms with Crippen LogP contribution in [0.3, 0.4) is 0 Å². The van der Waals surface area contributed by atoms with E-state index in [0.717, 1.165) is 19.3 Å². The Labute approximate surface area is 121 Å². The van der Waals surface area contributed by atoms with Crippen LogP contribution in [-0.4, -0.2) is 11.5 Å². The average Bonchev–Trinajstić information content (AvgIpc) is 2.43. The molecule has 0 aliphatic heterocycles. The Morgan fingerprint density at radius 2 is 1.90 bits per heavy atom. The van der Waals surface area contributed by atoms with Crippen molar-refractivity contribution < 1.29 is 18.5 Å². The van der Waals surface area contributed by atoms with E-state index < -0.39 is 7.82 Å². The number of benzene rings is 1. The minimum atomic E-state index is -4.01. The number of phosphoric ester groups is 1. The second-order valence-electron chi connectivity index (χ2n) is 4.91. The van der Waals surface area contributed by atoms with Crippen LogP contribution in [0, 0.1) is 5.92 Å². The second kappa shape index (κ2) is 9.17. The molecule has 5 heteroatoms. The highest BCUT2D eigenvalue weighted by Gasteiger charge is 2.23. The fourth-order valence-electron chi connectivity index (χ4n) is 2.02. The van der Waals surface area contributed by atoms with E-state index in [4.69, 9.17) is 9.05 Å². The molecule has 0 radical (unpaired) electrons. The molecule has 0 fully saturated rings. The van der Waals surface area contributed by atoms with Crippen LogP contribution in [0.15, 0.2) is 30.3 Å². The maximum atomic E-state index is 11.8. The molecule has 1 aromatic rings. The lowest BCUT2D eigenvalue weighted by molar-refractivity contribution is 0.186. The lowest BCUT2D eigenvalue weighted by atomic mass is 9.96. The molecule has 1 rings (SSSR count). The van der Waals surface area contributed by atoms with Gasteiger partial charge in [-0.05, 0) is 24.5 Å². The lowest BCUT2D eigenvalue weighted by Gasteiger charge is -2.16. The van der Waals surface area contributed by atoms with Gasteiger partial charge in [0, 0.05) is 0 Å². The van der Waals surface area contributed by atoms with Crippen LogP contribution < -0.4 is 4.52 Å². The number of para-hydroxylation sites is 1. The van der Waals surface area contributed by atoms with Gasteiger partial charge in [-0.15, -0.1) is 0 Å². The first-order valence-corrected chi connectivity index (χ1v) is 8.79. The van der Waals surface area contributed by atoms with Gasteiger partial charge in [-0.2, -0.15) is 0 Å². The van der Waals surface area contributed by atoms with E-state index in [1.165, 1.54) is 12.8 Å². The molecule has 0 bridgehead atoms. The zero-order chi connectivity index (χ0) is 14.8. The van der Waals surface area contributed by atoms with Crippen molar-refractivity contribution in [3.05, 3.63) is 30.3 Å². The zero-order valence-electron chi connectivity index (χ0n) is 12.3. The molecule has 0 aromatic heterocycles. The van der Waals surface area contributed by atoms with Crippen LogP contribution >= 0.6 is 7.82 Å². The molecule has 0 heterocycles. The molecule has 1 aromatic carbocycles. The van der Waals surface area contributed by atoms with Crippen LogP contribution in [0.4, 0.5) is 0 Å². The van der Waals surface area contributed by atoms with Crippen molar-refractivity contribution in [3.63, 3.8) is 0 Å². The smallest absolute Gasteiger partial charge is 0.404 e. The molecular formula is C15H25O4P. The fraction of sp³-hybridized carbons (Fsp3) is 0.600. The summed E-state index contributed by atoms with van der Waals surface area (Å²) in [4.78, 5) is 9.64. The second-order valence-corrected chi connectivity index (χ2v) is 6.29. The molecule has 0 saturated heterocycles. The van der Waals surface area contributed by atoms with Crippen molar-refractivity contribution in [1.82, 2.24) is 0 Å². The van der Waals surface area contributed by atoms with Crippen molar-refractivity contribution in [2.75, 3.05) is 6.61 Å². The first-order chi connectivity index (χ1) is 9.57. The molecule has 0 amide bonds. The molecular weight excluding hydrogens is 275 g/mol. The van der Waals surface area contributed by atoms with Crippen LogP contribution in [-0.2, 0) is 9.09 Å². The van der Waals surface area contributed by atoms with E-state index in [1.807, 2.05) is 6.07 Å². The van der Waals surface area contributed by atoms with Crippen LogP contribution in [0.5, 0.6) is 5.75 Å². The summed E-state index contributed by atoms with van der Waals surface area (Å²) in [5, 5.41) is 0. The van der Waals surface area contributed by atoms with Gasteiger partial charge in [-0.25, -0.2) is 4.57 Å². The fourth-order valence-corrected chi connectivity index (χ4v) is 2.80. The summed E-state index contributed by atoms with van der Waals surface area (Å²) in [5.74, 6) is 0.892. The summed E-state index contributed by atoms with van der Waals surface area (Å²) in [5.41, 5.74) is 0. The normalized spacial score (nSPS) is 15.6. The Balaban J connectivity index is 2.33. The molecule has 0 saturated carbocycles. The van der Waals surface area contributed by atoms with Gasteiger partial charge in [-0.1, -0.05) is 57.7 Å². The number of rotatable bonds is 10. The van der Waals surface area contributed by atoms with Crippen LogP contribution in [0.1, 0.15) is 46.0 Å². The van der Waals surface area contributed by atoms with Gasteiger partial charge in [0.15, 0.2) is 0 Å². The number of hydrogen-bond acceptors (Lipinski definition) is 3. The van der Waals surface area contributed by atoms with E-state index in [-0.39, 0.29) is 6.61 Å². The van der Waals surface area contributed by atoms with E-state index in [2.05, 4.69) is 13.8 Å². The van der Waals surface area contributed by atoms with Crippen molar-refractivity contribution in [2.45, 2.75) is 46.0 Å². The molecule has 0 aliphatic rings. The standard InChI is InChI=1S/C15H25O4P/c1-3-5-9-14(4-2)12-13-18-20(16,17)19-15-10-7-6-8-11-15/h6-8,10-11,14H,3-5,9,12-13H2,1-2H3,(H,16,17). The van der Waals surface area contributed by atoms with Gasteiger partial charge in [0.05, 0.1) is 6.61 Å². The van der Waals surface area contributed by atoms with Crippen molar-refractivity contribution in [2.24, 2.45) is 5.92 Å². The minimum Gasteiger partial charge on any atom is -0.404 e. The highest BCUT2D eigenvalue weighted by molar-refractivity contribution is 7.47. The van der Waals surface area contributed by atoms with Gasteiger partial charge < -0.3 is 4.52 Å². The quantitative estimate of drug-likeness (QED) is 0.631. The summed E-state index contributed by atoms with van der Waals surface area (Å²) in [6, 6.07) is 8.56. The Morgan fingerprint density at radius 3 is 2.50 bits per heavy atom. The van der Waals surface area contributed by atoms with Crippen molar-refractivity contribution >= 4 is 7.82 Å². The summed E-state index contributed by atoms with van der Waals surface area (Å²) in [7, 11) is -4.01. The van der Waals surface area contributed by atoms with Gasteiger partial charge >= 0.3 is 7.82 Å². The SMILES string of the molecule is CCCCC(CC)CCOP(=O)(O)Oc1ccccc1. The Hall–Kier alpha value is -0.830. The Bertz CT molecular complexity index is 408. The van der Waals surface area contributed by atoms with Crippen molar-refractivity contribution in [3.8, 4) is 5.75 Å². The summed E-state index contributed by atoms with van der Waals surface area (Å²) in [6.45, 7) is 4.56. The molecule has 2 atom stereocenters. The molecule has 4 nitrogen and oxygen atoms in total. The topological polar surface area (TPSA) is 55.8 Å². The lowest BCUT2D eigenvalue weighted by Crippen LogP contribution is -2.05. The molecule has 0 aliphatic carbocycles. The third-order valence-corrected chi connectivity index (χ3v) is 4.24. The average molecular weight is 300 g/mol. The summed E-state index contributed by atoms with van der Waals surface area (Å²) in [6.07, 6.45) is 5.37. The first kappa shape index (κ1) is 17.2. The predicted molar refractivity (Wildman–Crippen MR) is 80.8 cm³/mol. The van der Waals surface area contributed by atoms with Gasteiger partial charge in [0.25, 0.3) is 0 Å². The van der Waals surface area contributed by atoms with Gasteiger partial charge in [0.2, 0.25) is 0 Å². The third-order valence-electron chi connectivity index (χ3n) is 3.29. The summed E-state index contributed by atoms with van der Waals surface area (Å²) >= 11 is 0. The largest absolute Gasteiger partial charge is 0.527 e. The Kier molecular flexibility index (Phi) is 7.90. The number of phosphoric acid groups is 1. The van der Waals surface area contributed by atoms with E-state index in [0.29, 0.717) is 11.7 Å². The first-order valence-electron chi connectivity index (χ1n) is 7.29. The highest BCUT2D eigenvalue weighted by atomic mass is 31.2. The predicted octanol–water partition coefficient (Wildman–Crippen LogP) is 4.79. The third kappa shape index (κ3) is 7.09. The van der Waals surface area contributed by atoms with Gasteiger partial charge in [-0.3, -0.25) is 9.42 Å². The molecule has 1 N–H and O–H groups in total. The van der Waals surface area contributed by atoms with Crippen LogP contribution in [0.2, 0.25) is 0 Å². The zero-order valence-corrected chi connectivity index (χ0v) is 13.2. The monoisotopic (exact) mass is 300 g/mol. The number of unbranched alkanes of at least 4 members (excludes halogenated alkanes) is 1. The molecule has 0 spiro atoms. The van der Waals surface area contributed by atoms with E-state index >= 15 is 0 Å². The van der Waals surface area contributed by atoms with Crippen LogP contribution in [0.25, 0.3) is 0 Å². The summed E-state index contributed by atoms with van der Waals surface area (Å²) < 4.78 is 21.8. The maximum Gasteiger partial charge on any atom is 0.527 e. The highest BCUT2D eigenvalue weighted by Crippen LogP contribution is 2.44. The molecule has 114 valence electrons. The van der Waals surface area contributed by atoms with Crippen molar-refractivity contribution in [1.29, 1.82) is 0 Å². The minimum absolute atomic E-state index is 0.253. The van der Waals surface area contributed by atoms with E-state index in [9.17, 15) is 9.46 Å². The Morgan fingerprint density at radius 1 is 1.20 bits per heavy atom. The number of hydrogen-bond donors (Lipinski definition) is 1. The van der Waals surface area contributed by atoms with Gasteiger partial charge in [0.1, 0.15) is 5.75 Å². The maximum absolute atomic E-state index is 11.8. The van der Waals surface area contributed by atoms with E-state index in [1.54, 1.807) is 24.3 Å². The molecule has 20 heavy (non-hydrogen) atoms. The molecule has 2 unspecified atom stereocenters.